The van der Waals surface area contributed by atoms with Crippen molar-refractivity contribution < 1.29 is 4.74 Å². The molecule has 1 aliphatic heterocycles. The van der Waals surface area contributed by atoms with Crippen LogP contribution in [0.15, 0.2) is 0 Å². The van der Waals surface area contributed by atoms with E-state index in [-0.39, 0.29) is 0 Å². The monoisotopic (exact) mass is 113 g/mol. The summed E-state index contributed by atoms with van der Waals surface area (Å²) in [6.45, 7) is 0. The molecule has 3 atom stereocenters. The van der Waals surface area contributed by atoms with Crippen LogP contribution in [0.5, 0.6) is 0 Å². The van der Waals surface area contributed by atoms with Gasteiger partial charge in [0.1, 0.15) is 0 Å². The summed E-state index contributed by atoms with van der Waals surface area (Å²) < 4.78 is 5.27. The van der Waals surface area contributed by atoms with Gasteiger partial charge >= 0.3 is 0 Å². The Morgan fingerprint density at radius 3 is 2.88 bits per heavy atom. The van der Waals surface area contributed by atoms with Gasteiger partial charge in [0, 0.05) is 6.04 Å². The minimum absolute atomic E-state index is 0.355. The van der Waals surface area contributed by atoms with E-state index in [1.807, 2.05) is 0 Å². The normalized spacial score (nSPS) is 52.9. The Morgan fingerprint density at radius 2 is 2.25 bits per heavy atom. The highest BCUT2D eigenvalue weighted by molar-refractivity contribution is 4.96. The van der Waals surface area contributed by atoms with Gasteiger partial charge in [-0.25, -0.2) is 0 Å². The lowest BCUT2D eigenvalue weighted by molar-refractivity contribution is 0.359. The van der Waals surface area contributed by atoms with Crippen LogP contribution in [0.4, 0.5) is 0 Å². The van der Waals surface area contributed by atoms with Crippen LogP contribution in [0.25, 0.3) is 0 Å². The van der Waals surface area contributed by atoms with E-state index in [1.165, 1.54) is 19.3 Å². The van der Waals surface area contributed by atoms with Crippen molar-refractivity contribution in [3.63, 3.8) is 0 Å². The van der Waals surface area contributed by atoms with Gasteiger partial charge in [-0.1, -0.05) is 0 Å². The summed E-state index contributed by atoms with van der Waals surface area (Å²) in [4.78, 5) is 0. The zero-order chi connectivity index (χ0) is 5.56. The molecule has 2 heteroatoms. The highest BCUT2D eigenvalue weighted by atomic mass is 16.6. The molecule has 2 nitrogen and oxygen atoms in total. The Hall–Kier alpha value is -0.0800. The van der Waals surface area contributed by atoms with Crippen molar-refractivity contribution in [2.75, 3.05) is 0 Å². The van der Waals surface area contributed by atoms with Gasteiger partial charge in [-0.2, -0.15) is 0 Å². The van der Waals surface area contributed by atoms with Crippen LogP contribution in [0.2, 0.25) is 0 Å². The molecule has 1 saturated heterocycles. The third-order valence-electron chi connectivity index (χ3n) is 2.07. The second-order valence-electron chi connectivity index (χ2n) is 2.73. The van der Waals surface area contributed by atoms with Crippen LogP contribution in [-0.4, -0.2) is 18.2 Å². The molecule has 0 aromatic rings. The highest BCUT2D eigenvalue weighted by Gasteiger charge is 2.45. The number of epoxide rings is 1. The van der Waals surface area contributed by atoms with Gasteiger partial charge in [-0.15, -0.1) is 0 Å². The molecular formula is C6H11NO. The van der Waals surface area contributed by atoms with Crippen LogP contribution < -0.4 is 5.73 Å². The maximum Gasteiger partial charge on any atom is 0.0992 e. The molecule has 1 aliphatic carbocycles. The predicted octanol–water partition coefficient (Wildman–Crippen LogP) is 0.265. The van der Waals surface area contributed by atoms with E-state index in [2.05, 4.69) is 0 Å². The topological polar surface area (TPSA) is 38.5 Å². The van der Waals surface area contributed by atoms with Crippen molar-refractivity contribution in [2.45, 2.75) is 37.5 Å². The van der Waals surface area contributed by atoms with E-state index in [0.29, 0.717) is 18.2 Å². The van der Waals surface area contributed by atoms with E-state index >= 15 is 0 Å². The first-order valence-electron chi connectivity index (χ1n) is 3.29. The van der Waals surface area contributed by atoms with E-state index < -0.39 is 0 Å². The van der Waals surface area contributed by atoms with Gasteiger partial charge in [-0.05, 0) is 19.3 Å². The fourth-order valence-electron chi connectivity index (χ4n) is 1.48. The Balaban J connectivity index is 1.99. The Bertz CT molecular complexity index is 105. The summed E-state index contributed by atoms with van der Waals surface area (Å²) in [5.41, 5.74) is 5.69. The van der Waals surface area contributed by atoms with E-state index in [0.717, 1.165) is 0 Å². The Labute approximate surface area is 49.0 Å². The second-order valence-corrected chi connectivity index (χ2v) is 2.73. The van der Waals surface area contributed by atoms with Gasteiger partial charge in [0.05, 0.1) is 12.2 Å². The lowest BCUT2D eigenvalue weighted by Crippen LogP contribution is -2.30. The average Bonchev–Trinajstić information content (AvgIpc) is 2.45. The van der Waals surface area contributed by atoms with Crippen molar-refractivity contribution >= 4 is 0 Å². The summed E-state index contributed by atoms with van der Waals surface area (Å²) in [5.74, 6) is 0. The van der Waals surface area contributed by atoms with Crippen molar-refractivity contribution in [1.82, 2.24) is 0 Å². The van der Waals surface area contributed by atoms with Crippen molar-refractivity contribution in [1.29, 1.82) is 0 Å². The van der Waals surface area contributed by atoms with E-state index in [1.54, 1.807) is 0 Å². The lowest BCUT2D eigenvalue weighted by atomic mass is 9.97. The third kappa shape index (κ3) is 0.565. The van der Waals surface area contributed by atoms with Crippen LogP contribution in [0.1, 0.15) is 19.3 Å². The minimum atomic E-state index is 0.355. The lowest BCUT2D eigenvalue weighted by Gasteiger charge is -2.11. The number of nitrogens with two attached hydrogens (primary N) is 1. The average molecular weight is 113 g/mol. The quantitative estimate of drug-likeness (QED) is 0.458. The van der Waals surface area contributed by atoms with Crippen molar-refractivity contribution in [3.05, 3.63) is 0 Å². The largest absolute Gasteiger partial charge is 0.368 e. The van der Waals surface area contributed by atoms with Crippen LogP contribution in [0.3, 0.4) is 0 Å². The molecule has 3 unspecified atom stereocenters. The smallest absolute Gasteiger partial charge is 0.0992 e. The van der Waals surface area contributed by atoms with Crippen molar-refractivity contribution in [3.8, 4) is 0 Å². The molecular weight excluding hydrogens is 102 g/mol. The van der Waals surface area contributed by atoms with Gasteiger partial charge < -0.3 is 10.5 Å². The van der Waals surface area contributed by atoms with Crippen LogP contribution in [-0.2, 0) is 4.74 Å². The first kappa shape index (κ1) is 4.77. The van der Waals surface area contributed by atoms with Gasteiger partial charge in [0.25, 0.3) is 0 Å². The molecule has 1 heterocycles. The minimum Gasteiger partial charge on any atom is -0.368 e. The molecule has 0 spiro atoms. The highest BCUT2D eigenvalue weighted by Crippen LogP contribution is 2.35. The fraction of sp³-hybridized carbons (Fsp3) is 1.00. The number of rotatable bonds is 0. The molecule has 46 valence electrons. The molecule has 0 bridgehead atoms. The van der Waals surface area contributed by atoms with Crippen LogP contribution >= 0.6 is 0 Å². The maximum atomic E-state index is 5.69. The first-order chi connectivity index (χ1) is 3.88. The maximum absolute atomic E-state index is 5.69. The summed E-state index contributed by atoms with van der Waals surface area (Å²) in [7, 11) is 0. The van der Waals surface area contributed by atoms with Crippen molar-refractivity contribution in [2.24, 2.45) is 5.73 Å². The van der Waals surface area contributed by atoms with Gasteiger partial charge in [-0.3, -0.25) is 0 Å². The Morgan fingerprint density at radius 1 is 1.38 bits per heavy atom. The number of ether oxygens (including phenoxy) is 1. The first-order valence-corrected chi connectivity index (χ1v) is 3.29. The molecule has 8 heavy (non-hydrogen) atoms. The Kier molecular flexibility index (Phi) is 0.866. The predicted molar refractivity (Wildman–Crippen MR) is 30.5 cm³/mol. The molecule has 0 aromatic carbocycles. The molecule has 0 amide bonds. The molecule has 0 radical (unpaired) electrons. The molecule has 1 saturated carbocycles. The summed E-state index contributed by atoms with van der Waals surface area (Å²) in [6, 6.07) is 0.355. The second kappa shape index (κ2) is 1.45. The zero-order valence-corrected chi connectivity index (χ0v) is 4.84. The molecule has 2 aliphatic rings. The molecule has 2 rings (SSSR count). The van der Waals surface area contributed by atoms with Gasteiger partial charge in [0.15, 0.2) is 0 Å². The summed E-state index contributed by atoms with van der Waals surface area (Å²) in [5, 5.41) is 0. The molecule has 0 aromatic heterocycles. The third-order valence-corrected chi connectivity index (χ3v) is 2.07. The summed E-state index contributed by atoms with van der Waals surface area (Å²) >= 11 is 0. The van der Waals surface area contributed by atoms with Crippen LogP contribution in [0, 0.1) is 0 Å². The number of hydrogen-bond donors (Lipinski definition) is 1. The zero-order valence-electron chi connectivity index (χ0n) is 4.84. The SMILES string of the molecule is NC1CCCC2OC12. The fourth-order valence-corrected chi connectivity index (χ4v) is 1.48. The standard InChI is InChI=1S/C6H11NO/c7-4-2-1-3-5-6(4)8-5/h4-6H,1-3,7H2. The molecule has 2 fully saturated rings. The van der Waals surface area contributed by atoms with Gasteiger partial charge in [0.2, 0.25) is 0 Å². The van der Waals surface area contributed by atoms with E-state index in [4.69, 9.17) is 10.5 Å². The number of fused-ring (bicyclic) bond motifs is 1. The number of hydrogen-bond acceptors (Lipinski definition) is 2. The van der Waals surface area contributed by atoms with E-state index in [9.17, 15) is 0 Å². The molecule has 2 N–H and O–H groups in total. The summed E-state index contributed by atoms with van der Waals surface area (Å²) in [6.07, 6.45) is 4.68.